The van der Waals surface area contributed by atoms with Gasteiger partial charge in [-0.3, -0.25) is 4.79 Å². The molecule has 0 atom stereocenters. The van der Waals surface area contributed by atoms with Gasteiger partial charge in [-0.05, 0) is 59.3 Å². The fourth-order valence-electron chi connectivity index (χ4n) is 1.58. The molecule has 18 heavy (non-hydrogen) atoms. The summed E-state index contributed by atoms with van der Waals surface area (Å²) in [6.07, 6.45) is 0. The molecular weight excluding hydrogens is 341 g/mol. The van der Waals surface area contributed by atoms with Crippen molar-refractivity contribution >= 4 is 34.2 Å². The Bertz CT molecular complexity index is 596. The maximum Gasteiger partial charge on any atom is 0.256 e. The average molecular weight is 353 g/mol. The molecule has 2 aromatic carbocycles. The van der Waals surface area contributed by atoms with Gasteiger partial charge in [-0.25, -0.2) is 0 Å². The highest BCUT2D eigenvalue weighted by Gasteiger charge is 2.11. The summed E-state index contributed by atoms with van der Waals surface area (Å²) in [4.78, 5) is 12.0. The maximum absolute atomic E-state index is 12.0. The smallest absolute Gasteiger partial charge is 0.256 e. The van der Waals surface area contributed by atoms with E-state index in [-0.39, 0.29) is 11.7 Å². The summed E-state index contributed by atoms with van der Waals surface area (Å²) in [5.74, 6) is -0.145. The van der Waals surface area contributed by atoms with Gasteiger partial charge in [-0.15, -0.1) is 0 Å². The lowest BCUT2D eigenvalue weighted by molar-refractivity contribution is 0.102. The lowest BCUT2D eigenvalue weighted by Gasteiger charge is -2.09. The van der Waals surface area contributed by atoms with Crippen LogP contribution in [0.5, 0.6) is 5.75 Å². The van der Waals surface area contributed by atoms with Gasteiger partial charge in [0.2, 0.25) is 0 Å². The Morgan fingerprint density at radius 1 is 1.22 bits per heavy atom. The number of carbonyl (C=O) groups is 1. The zero-order valence-electron chi connectivity index (χ0n) is 9.77. The first-order chi connectivity index (χ1) is 8.58. The Morgan fingerprint density at radius 2 is 1.94 bits per heavy atom. The Labute approximate surface area is 119 Å². The number of phenolic OH excluding ortho intramolecular Hbond substituents is 1. The van der Waals surface area contributed by atoms with Gasteiger partial charge in [0.15, 0.2) is 0 Å². The number of nitrogens with one attached hydrogen (secondary N) is 1. The molecule has 2 rings (SSSR count). The molecule has 0 aromatic heterocycles. The maximum atomic E-state index is 12.0. The van der Waals surface area contributed by atoms with E-state index in [1.807, 2.05) is 31.2 Å². The van der Waals surface area contributed by atoms with Crippen LogP contribution >= 0.6 is 22.6 Å². The van der Waals surface area contributed by atoms with Gasteiger partial charge in [0.05, 0.1) is 11.3 Å². The molecule has 0 bridgehead atoms. The van der Waals surface area contributed by atoms with E-state index in [9.17, 15) is 9.90 Å². The van der Waals surface area contributed by atoms with Crippen LogP contribution in [0.15, 0.2) is 42.5 Å². The van der Waals surface area contributed by atoms with Gasteiger partial charge in [0.1, 0.15) is 5.75 Å². The molecule has 0 saturated carbocycles. The molecule has 0 radical (unpaired) electrons. The standard InChI is InChI=1S/C14H12INO2/c1-9-6-7-12(13(17)8-9)16-14(18)10-4-2-3-5-11(10)15/h2-8,17H,1H3,(H,16,18). The highest BCUT2D eigenvalue weighted by atomic mass is 127. The summed E-state index contributed by atoms with van der Waals surface area (Å²) in [5.41, 5.74) is 1.96. The van der Waals surface area contributed by atoms with Crippen LogP contribution in [-0.2, 0) is 0 Å². The van der Waals surface area contributed by atoms with Crippen molar-refractivity contribution in [1.82, 2.24) is 0 Å². The third-order valence-corrected chi connectivity index (χ3v) is 3.46. The van der Waals surface area contributed by atoms with Crippen molar-refractivity contribution in [3.05, 3.63) is 57.2 Å². The summed E-state index contributed by atoms with van der Waals surface area (Å²) >= 11 is 2.11. The molecule has 4 heteroatoms. The predicted octanol–water partition coefficient (Wildman–Crippen LogP) is 3.56. The average Bonchev–Trinajstić information content (AvgIpc) is 2.33. The molecule has 0 aliphatic rings. The highest BCUT2D eigenvalue weighted by Crippen LogP contribution is 2.25. The number of carbonyl (C=O) groups excluding carboxylic acids is 1. The van der Waals surface area contributed by atoms with Crippen molar-refractivity contribution in [2.75, 3.05) is 5.32 Å². The molecule has 3 nitrogen and oxygen atoms in total. The topological polar surface area (TPSA) is 49.3 Å². The molecule has 2 N–H and O–H groups in total. The number of amides is 1. The van der Waals surface area contributed by atoms with E-state index in [4.69, 9.17) is 0 Å². The zero-order chi connectivity index (χ0) is 13.1. The minimum Gasteiger partial charge on any atom is -0.506 e. The van der Waals surface area contributed by atoms with Crippen LogP contribution in [0.3, 0.4) is 0 Å². The second-order valence-corrected chi connectivity index (χ2v) is 5.12. The number of halogens is 1. The van der Waals surface area contributed by atoms with Crippen molar-refractivity contribution in [2.45, 2.75) is 6.92 Å². The first kappa shape index (κ1) is 12.9. The highest BCUT2D eigenvalue weighted by molar-refractivity contribution is 14.1. The molecule has 2 aromatic rings. The van der Waals surface area contributed by atoms with Crippen molar-refractivity contribution in [2.24, 2.45) is 0 Å². The lowest BCUT2D eigenvalue weighted by atomic mass is 10.2. The van der Waals surface area contributed by atoms with Crippen molar-refractivity contribution in [1.29, 1.82) is 0 Å². The zero-order valence-corrected chi connectivity index (χ0v) is 11.9. The van der Waals surface area contributed by atoms with Gasteiger partial charge in [0.25, 0.3) is 5.91 Å². The summed E-state index contributed by atoms with van der Waals surface area (Å²) in [6, 6.07) is 12.5. The van der Waals surface area contributed by atoms with Gasteiger partial charge in [-0.2, -0.15) is 0 Å². The van der Waals surface area contributed by atoms with Gasteiger partial charge < -0.3 is 10.4 Å². The molecule has 1 amide bonds. The SMILES string of the molecule is Cc1ccc(NC(=O)c2ccccc2I)c(O)c1. The first-order valence-electron chi connectivity index (χ1n) is 5.43. The summed E-state index contributed by atoms with van der Waals surface area (Å²) < 4.78 is 0.874. The third kappa shape index (κ3) is 2.81. The van der Waals surface area contributed by atoms with Crippen LogP contribution in [0.2, 0.25) is 0 Å². The monoisotopic (exact) mass is 353 g/mol. The number of hydrogen-bond acceptors (Lipinski definition) is 2. The van der Waals surface area contributed by atoms with E-state index in [1.165, 1.54) is 0 Å². The number of phenols is 1. The van der Waals surface area contributed by atoms with Crippen LogP contribution in [0.1, 0.15) is 15.9 Å². The number of benzene rings is 2. The largest absolute Gasteiger partial charge is 0.506 e. The molecule has 0 aliphatic heterocycles. The number of rotatable bonds is 2. The summed E-state index contributed by atoms with van der Waals surface area (Å²) in [7, 11) is 0. The molecule has 0 heterocycles. The fraction of sp³-hybridized carbons (Fsp3) is 0.0714. The molecule has 0 aliphatic carbocycles. The molecule has 0 unspecified atom stereocenters. The number of hydrogen-bond donors (Lipinski definition) is 2. The van der Waals surface area contributed by atoms with E-state index < -0.39 is 0 Å². The van der Waals surface area contributed by atoms with Crippen LogP contribution in [0.25, 0.3) is 0 Å². The predicted molar refractivity (Wildman–Crippen MR) is 80.0 cm³/mol. The van der Waals surface area contributed by atoms with Crippen LogP contribution in [0, 0.1) is 10.5 Å². The molecular formula is C14H12INO2. The van der Waals surface area contributed by atoms with Crippen molar-refractivity contribution < 1.29 is 9.90 Å². The first-order valence-corrected chi connectivity index (χ1v) is 6.51. The van der Waals surface area contributed by atoms with E-state index in [2.05, 4.69) is 27.9 Å². The second-order valence-electron chi connectivity index (χ2n) is 3.95. The van der Waals surface area contributed by atoms with E-state index in [0.29, 0.717) is 11.3 Å². The van der Waals surface area contributed by atoms with E-state index >= 15 is 0 Å². The second kappa shape index (κ2) is 5.39. The minimum absolute atomic E-state index is 0.0780. The van der Waals surface area contributed by atoms with Crippen LogP contribution in [-0.4, -0.2) is 11.0 Å². The van der Waals surface area contributed by atoms with Gasteiger partial charge in [0, 0.05) is 3.57 Å². The Balaban J connectivity index is 2.24. The third-order valence-electron chi connectivity index (χ3n) is 2.52. The van der Waals surface area contributed by atoms with Gasteiger partial charge >= 0.3 is 0 Å². The number of anilines is 1. The fourth-order valence-corrected chi connectivity index (χ4v) is 2.21. The van der Waals surface area contributed by atoms with Crippen molar-refractivity contribution in [3.8, 4) is 5.75 Å². The summed E-state index contributed by atoms with van der Waals surface area (Å²) in [6.45, 7) is 1.88. The minimum atomic E-state index is -0.223. The number of aryl methyl sites for hydroxylation is 1. The van der Waals surface area contributed by atoms with E-state index in [1.54, 1.807) is 18.2 Å². The van der Waals surface area contributed by atoms with Gasteiger partial charge in [-0.1, -0.05) is 18.2 Å². The lowest BCUT2D eigenvalue weighted by Crippen LogP contribution is -2.13. The Hall–Kier alpha value is -1.56. The molecule has 0 fully saturated rings. The number of aromatic hydroxyl groups is 1. The van der Waals surface area contributed by atoms with E-state index in [0.717, 1.165) is 9.13 Å². The Kier molecular flexibility index (Phi) is 3.86. The molecule has 92 valence electrons. The Morgan fingerprint density at radius 3 is 2.61 bits per heavy atom. The quantitative estimate of drug-likeness (QED) is 0.641. The summed E-state index contributed by atoms with van der Waals surface area (Å²) in [5, 5.41) is 12.4. The van der Waals surface area contributed by atoms with Crippen LogP contribution in [0.4, 0.5) is 5.69 Å². The normalized spacial score (nSPS) is 10.1. The van der Waals surface area contributed by atoms with Crippen LogP contribution < -0.4 is 5.32 Å². The molecule has 0 spiro atoms. The van der Waals surface area contributed by atoms with Crippen molar-refractivity contribution in [3.63, 3.8) is 0 Å². The molecule has 0 saturated heterocycles.